The number of piperidine rings is 1. The summed E-state index contributed by atoms with van der Waals surface area (Å²) in [7, 11) is 0. The van der Waals surface area contributed by atoms with Gasteiger partial charge in [0.15, 0.2) is 6.61 Å². The van der Waals surface area contributed by atoms with Gasteiger partial charge in [-0.1, -0.05) is 0 Å². The third-order valence-corrected chi connectivity index (χ3v) is 3.99. The first-order valence-electron chi connectivity index (χ1n) is 7.79. The van der Waals surface area contributed by atoms with Gasteiger partial charge in [-0.3, -0.25) is 9.48 Å². The van der Waals surface area contributed by atoms with Gasteiger partial charge < -0.3 is 9.64 Å². The Morgan fingerprint density at radius 1 is 1.33 bits per heavy atom. The zero-order chi connectivity index (χ0) is 16.9. The molecule has 0 radical (unpaired) electrons. The molecule has 2 aromatic rings. The standard InChI is InChI=1S/C16H18F2N4O2/c17-14(18)11-24-15-10-12(2-6-19-15)16(23)21-8-3-13(4-9-21)22-7-1-5-20-22/h1-2,5-7,10,13-14H,3-4,8-9,11H2. The lowest BCUT2D eigenvalue weighted by molar-refractivity contribution is 0.0687. The van der Waals surface area contributed by atoms with Gasteiger partial charge in [0.2, 0.25) is 5.88 Å². The number of nitrogens with zero attached hydrogens (tertiary/aromatic N) is 4. The average molecular weight is 336 g/mol. The van der Waals surface area contributed by atoms with Crippen LogP contribution in [-0.2, 0) is 0 Å². The fourth-order valence-electron chi connectivity index (χ4n) is 2.78. The molecule has 0 aliphatic carbocycles. The number of rotatable bonds is 5. The van der Waals surface area contributed by atoms with Crippen LogP contribution in [0.15, 0.2) is 36.8 Å². The lowest BCUT2D eigenvalue weighted by Gasteiger charge is -2.32. The quantitative estimate of drug-likeness (QED) is 0.841. The van der Waals surface area contributed by atoms with Crippen LogP contribution in [0.5, 0.6) is 5.88 Å². The van der Waals surface area contributed by atoms with Crippen molar-refractivity contribution in [3.8, 4) is 5.88 Å². The molecule has 1 fully saturated rings. The molecule has 3 heterocycles. The van der Waals surface area contributed by atoms with Crippen LogP contribution >= 0.6 is 0 Å². The second-order valence-electron chi connectivity index (χ2n) is 5.59. The molecule has 1 saturated heterocycles. The van der Waals surface area contributed by atoms with Crippen LogP contribution in [0.25, 0.3) is 0 Å². The third-order valence-electron chi connectivity index (χ3n) is 3.99. The number of aromatic nitrogens is 3. The molecule has 0 aromatic carbocycles. The fourth-order valence-corrected chi connectivity index (χ4v) is 2.78. The number of carbonyl (C=O) groups excluding carboxylic acids is 1. The van der Waals surface area contributed by atoms with Crippen molar-refractivity contribution in [2.75, 3.05) is 19.7 Å². The first-order valence-corrected chi connectivity index (χ1v) is 7.79. The van der Waals surface area contributed by atoms with Crippen molar-refractivity contribution in [3.05, 3.63) is 42.4 Å². The fraction of sp³-hybridized carbons (Fsp3) is 0.438. The molecule has 0 N–H and O–H groups in total. The summed E-state index contributed by atoms with van der Waals surface area (Å²) in [4.78, 5) is 18.2. The van der Waals surface area contributed by atoms with Crippen LogP contribution in [0, 0.1) is 0 Å². The molecule has 3 rings (SSSR count). The molecule has 1 aliphatic heterocycles. The van der Waals surface area contributed by atoms with E-state index in [0.29, 0.717) is 24.7 Å². The number of halogens is 2. The number of likely N-dealkylation sites (tertiary alicyclic amines) is 1. The van der Waals surface area contributed by atoms with Crippen molar-refractivity contribution in [2.45, 2.75) is 25.3 Å². The highest BCUT2D eigenvalue weighted by molar-refractivity contribution is 5.94. The van der Waals surface area contributed by atoms with E-state index in [0.717, 1.165) is 12.8 Å². The summed E-state index contributed by atoms with van der Waals surface area (Å²) >= 11 is 0. The Hall–Kier alpha value is -2.51. The number of alkyl halides is 2. The lowest BCUT2D eigenvalue weighted by atomic mass is 10.0. The van der Waals surface area contributed by atoms with Gasteiger partial charge in [0, 0.05) is 43.3 Å². The van der Waals surface area contributed by atoms with E-state index in [9.17, 15) is 13.6 Å². The molecule has 1 aliphatic rings. The van der Waals surface area contributed by atoms with Crippen molar-refractivity contribution < 1.29 is 18.3 Å². The minimum absolute atomic E-state index is 0.0348. The first-order chi connectivity index (χ1) is 11.6. The molecule has 2 aromatic heterocycles. The van der Waals surface area contributed by atoms with Crippen LogP contribution in [0.2, 0.25) is 0 Å². The van der Waals surface area contributed by atoms with Gasteiger partial charge in [-0.25, -0.2) is 13.8 Å². The van der Waals surface area contributed by atoms with Crippen molar-refractivity contribution >= 4 is 5.91 Å². The molecule has 0 saturated carbocycles. The first kappa shape index (κ1) is 16.4. The van der Waals surface area contributed by atoms with Crippen molar-refractivity contribution in [2.24, 2.45) is 0 Å². The SMILES string of the molecule is O=C(c1ccnc(OCC(F)F)c1)N1CCC(n2cccn2)CC1. The third kappa shape index (κ3) is 3.87. The predicted octanol–water partition coefficient (Wildman–Crippen LogP) is 2.40. The van der Waals surface area contributed by atoms with Gasteiger partial charge >= 0.3 is 0 Å². The van der Waals surface area contributed by atoms with Gasteiger partial charge in [0.1, 0.15) is 0 Å². The number of amides is 1. The largest absolute Gasteiger partial charge is 0.472 e. The Morgan fingerprint density at radius 3 is 2.79 bits per heavy atom. The van der Waals surface area contributed by atoms with E-state index in [1.807, 2.05) is 16.9 Å². The Labute approximate surface area is 138 Å². The van der Waals surface area contributed by atoms with Gasteiger partial charge in [-0.15, -0.1) is 0 Å². The zero-order valence-corrected chi connectivity index (χ0v) is 13.0. The maximum atomic E-state index is 12.6. The molecule has 0 bridgehead atoms. The molecule has 0 unspecified atom stereocenters. The van der Waals surface area contributed by atoms with E-state index in [2.05, 4.69) is 10.1 Å². The number of pyridine rings is 1. The minimum Gasteiger partial charge on any atom is -0.472 e. The second kappa shape index (κ2) is 7.37. The summed E-state index contributed by atoms with van der Waals surface area (Å²) in [6, 6.07) is 5.16. The van der Waals surface area contributed by atoms with Crippen molar-refractivity contribution in [1.82, 2.24) is 19.7 Å². The highest BCUT2D eigenvalue weighted by Crippen LogP contribution is 2.23. The maximum Gasteiger partial charge on any atom is 0.272 e. The lowest BCUT2D eigenvalue weighted by Crippen LogP contribution is -2.39. The topological polar surface area (TPSA) is 60.2 Å². The van der Waals surface area contributed by atoms with Crippen molar-refractivity contribution in [1.29, 1.82) is 0 Å². The molecule has 8 heteroatoms. The van der Waals surface area contributed by atoms with Gasteiger partial charge in [0.25, 0.3) is 12.3 Å². The van der Waals surface area contributed by atoms with E-state index in [1.54, 1.807) is 17.2 Å². The minimum atomic E-state index is -2.58. The molecule has 6 nitrogen and oxygen atoms in total. The number of ether oxygens (including phenoxy) is 1. The predicted molar refractivity (Wildman–Crippen MR) is 82.1 cm³/mol. The molecule has 0 spiro atoms. The number of hydrogen-bond donors (Lipinski definition) is 0. The summed E-state index contributed by atoms with van der Waals surface area (Å²) < 4.78 is 31.2. The Bertz CT molecular complexity index is 670. The van der Waals surface area contributed by atoms with E-state index in [1.165, 1.54) is 12.3 Å². The maximum absolute atomic E-state index is 12.6. The summed E-state index contributed by atoms with van der Waals surface area (Å²) in [5.41, 5.74) is 0.395. The highest BCUT2D eigenvalue weighted by atomic mass is 19.3. The van der Waals surface area contributed by atoms with Gasteiger partial charge in [-0.05, 0) is 25.0 Å². The second-order valence-corrected chi connectivity index (χ2v) is 5.59. The van der Waals surface area contributed by atoms with Crippen LogP contribution in [-0.4, -0.2) is 51.7 Å². The molecular formula is C16H18F2N4O2. The summed E-state index contributed by atoms with van der Waals surface area (Å²) in [6.07, 6.45) is 4.14. The van der Waals surface area contributed by atoms with Gasteiger partial charge in [-0.2, -0.15) is 5.10 Å². The van der Waals surface area contributed by atoms with Crippen LogP contribution < -0.4 is 4.74 Å². The Morgan fingerprint density at radius 2 is 2.12 bits per heavy atom. The zero-order valence-electron chi connectivity index (χ0n) is 13.0. The van der Waals surface area contributed by atoms with E-state index >= 15 is 0 Å². The van der Waals surface area contributed by atoms with Crippen LogP contribution in [0.4, 0.5) is 8.78 Å². The van der Waals surface area contributed by atoms with Crippen LogP contribution in [0.1, 0.15) is 29.2 Å². The van der Waals surface area contributed by atoms with E-state index in [4.69, 9.17) is 4.74 Å². The van der Waals surface area contributed by atoms with Crippen molar-refractivity contribution in [3.63, 3.8) is 0 Å². The number of carbonyl (C=O) groups is 1. The Balaban J connectivity index is 1.60. The molecule has 0 atom stereocenters. The Kier molecular flexibility index (Phi) is 5.02. The normalized spacial score (nSPS) is 15.7. The smallest absolute Gasteiger partial charge is 0.272 e. The highest BCUT2D eigenvalue weighted by Gasteiger charge is 2.25. The monoisotopic (exact) mass is 336 g/mol. The van der Waals surface area contributed by atoms with Gasteiger partial charge in [0.05, 0.1) is 6.04 Å². The molecule has 1 amide bonds. The number of hydrogen-bond acceptors (Lipinski definition) is 4. The van der Waals surface area contributed by atoms with E-state index < -0.39 is 13.0 Å². The van der Waals surface area contributed by atoms with Crippen LogP contribution in [0.3, 0.4) is 0 Å². The molecule has 128 valence electrons. The molecule has 24 heavy (non-hydrogen) atoms. The van der Waals surface area contributed by atoms with E-state index in [-0.39, 0.29) is 11.8 Å². The summed E-state index contributed by atoms with van der Waals surface area (Å²) in [5.74, 6) is -0.106. The average Bonchev–Trinajstić information content (AvgIpc) is 3.14. The summed E-state index contributed by atoms with van der Waals surface area (Å²) in [5, 5.41) is 4.24. The summed E-state index contributed by atoms with van der Waals surface area (Å²) in [6.45, 7) is 0.512. The molecular weight excluding hydrogens is 318 g/mol.